The summed E-state index contributed by atoms with van der Waals surface area (Å²) in [5.41, 5.74) is -0.981. The molecule has 0 aromatic heterocycles. The Balaban J connectivity index is 1.02. The van der Waals surface area contributed by atoms with Crippen molar-refractivity contribution in [2.24, 2.45) is 5.92 Å². The molecular weight excluding hydrogens is 1110 g/mol. The van der Waals surface area contributed by atoms with Crippen LogP contribution in [-0.2, 0) is 74.8 Å². The van der Waals surface area contributed by atoms with E-state index in [1.807, 2.05) is 25.1 Å². The van der Waals surface area contributed by atoms with Crippen LogP contribution >= 0.6 is 23.4 Å². The molecule has 2 fully saturated rings. The molecule has 2 aliphatic carbocycles. The standard InChI is InChI=1S/C57H76ClN5O18S/c1-34-15-14-18-44(75-9)57(73)32-43(78-53(70)59-57)35(2)51-56(4,81-51)45(31-39(64)30-38-28-37(27-34)29-42(74-8)50(38)58)80-52(69)36(3)62(7)46(65)21-26-82-55(72)61(6)23-22-60(5)54(71)79-41-17-13-11-10-12-16-40(41)77-33-49(68)76-25-24-63-47(66)19-20-48(63)67/h13-15,17-20,28-29,35-36,40-41,43-45,51,73H,10-12,16,21-27,30-33H2,1-9H3,(H,59,70)/b17-13+,18-14+,34-15+/t35-,36+,40?,41?,43+,44-,45+,51+,56+,57+/m1/s1. The molecule has 10 atom stereocenters. The first-order chi connectivity index (χ1) is 38.9. The number of nitrogens with zero attached hydrogens (tertiary/aromatic N) is 4. The molecule has 2 saturated heterocycles. The number of imide groups is 1. The van der Waals surface area contributed by atoms with Gasteiger partial charge in [-0.3, -0.25) is 34.2 Å². The summed E-state index contributed by atoms with van der Waals surface area (Å²) < 4.78 is 46.2. The summed E-state index contributed by atoms with van der Waals surface area (Å²) in [6.45, 7) is 6.26. The van der Waals surface area contributed by atoms with Gasteiger partial charge in [-0.1, -0.05) is 72.7 Å². The van der Waals surface area contributed by atoms with Gasteiger partial charge in [0.2, 0.25) is 5.91 Å². The molecule has 82 heavy (non-hydrogen) atoms. The third-order valence-electron chi connectivity index (χ3n) is 15.2. The van der Waals surface area contributed by atoms with Crippen molar-refractivity contribution in [3.8, 4) is 5.75 Å². The zero-order valence-corrected chi connectivity index (χ0v) is 49.5. The van der Waals surface area contributed by atoms with Crippen molar-refractivity contribution >= 4 is 76.2 Å². The molecule has 1 aromatic carbocycles. The number of esters is 2. The lowest BCUT2D eigenvalue weighted by Gasteiger charge is -2.42. The number of alkyl carbamates (subject to hydrolysis) is 1. The van der Waals surface area contributed by atoms with E-state index in [1.165, 1.54) is 49.9 Å². The second-order valence-corrected chi connectivity index (χ2v) is 22.7. The normalized spacial score (nSPS) is 28.3. The first kappa shape index (κ1) is 64.9. The molecule has 2 N–H and O–H groups in total. The van der Waals surface area contributed by atoms with Crippen LogP contribution in [0.2, 0.25) is 5.02 Å². The molecule has 2 unspecified atom stereocenters. The predicted molar refractivity (Wildman–Crippen MR) is 298 cm³/mol. The number of benzene rings is 1. The number of Topliss-reactive ketones (excluding diaryl/α,β-unsaturated/α-hetero) is 1. The Labute approximate surface area is 486 Å². The van der Waals surface area contributed by atoms with Gasteiger partial charge in [-0.05, 0) is 69.7 Å². The molecule has 0 radical (unpaired) electrons. The van der Waals surface area contributed by atoms with Crippen molar-refractivity contribution in [3.05, 3.63) is 76.4 Å². The molecule has 450 valence electrons. The monoisotopic (exact) mass is 1190 g/mol. The van der Waals surface area contributed by atoms with Gasteiger partial charge in [0.05, 0.1) is 30.9 Å². The lowest BCUT2D eigenvalue weighted by molar-refractivity contribution is -0.162. The van der Waals surface area contributed by atoms with E-state index in [1.54, 1.807) is 45.2 Å². The number of methoxy groups -OCH3 is 2. The Kier molecular flexibility index (Phi) is 23.2. The number of halogens is 1. The number of aliphatic hydroxyl groups is 1. The lowest BCUT2D eigenvalue weighted by atomic mass is 9.83. The van der Waals surface area contributed by atoms with Gasteiger partial charge in [0, 0.05) is 90.8 Å². The number of rotatable bonds is 18. The molecule has 23 nitrogen and oxygen atoms in total. The first-order valence-electron chi connectivity index (χ1n) is 27.2. The van der Waals surface area contributed by atoms with Crippen molar-refractivity contribution in [3.63, 3.8) is 0 Å². The summed E-state index contributed by atoms with van der Waals surface area (Å²) in [4.78, 5) is 122. The summed E-state index contributed by atoms with van der Waals surface area (Å²) in [6, 6.07) is 2.43. The largest absolute Gasteiger partial charge is 0.495 e. The maximum atomic E-state index is 14.1. The van der Waals surface area contributed by atoms with Crippen molar-refractivity contribution in [2.45, 2.75) is 139 Å². The highest BCUT2D eigenvalue weighted by atomic mass is 35.5. The van der Waals surface area contributed by atoms with Gasteiger partial charge < -0.3 is 57.7 Å². The average Bonchev–Trinajstić information content (AvgIpc) is 4.23. The summed E-state index contributed by atoms with van der Waals surface area (Å²) in [7, 11) is 7.36. The quantitative estimate of drug-likeness (QED) is 0.0623. The van der Waals surface area contributed by atoms with Crippen LogP contribution in [0.1, 0.15) is 83.8 Å². The summed E-state index contributed by atoms with van der Waals surface area (Å²) in [6.07, 6.45) is 6.71. The van der Waals surface area contributed by atoms with Crippen LogP contribution in [0, 0.1) is 5.92 Å². The second kappa shape index (κ2) is 29.3. The van der Waals surface area contributed by atoms with Crippen LogP contribution in [0.5, 0.6) is 5.75 Å². The van der Waals surface area contributed by atoms with Gasteiger partial charge in [-0.25, -0.2) is 19.2 Å². The number of carbonyl (C=O) groups excluding carboxylic acids is 9. The maximum absolute atomic E-state index is 14.1. The zero-order chi connectivity index (χ0) is 60.1. The number of carbonyl (C=O) groups is 9. The van der Waals surface area contributed by atoms with Crippen LogP contribution < -0.4 is 10.1 Å². The Morgan fingerprint density at radius 3 is 2.41 bits per heavy atom. The molecule has 5 aliphatic rings. The Morgan fingerprint density at radius 1 is 0.988 bits per heavy atom. The minimum Gasteiger partial charge on any atom is -0.495 e. The van der Waals surface area contributed by atoms with E-state index in [0.717, 1.165) is 59.2 Å². The number of hydrogen-bond donors (Lipinski definition) is 2. The minimum absolute atomic E-state index is 0.0506. The molecule has 6 rings (SSSR count). The van der Waals surface area contributed by atoms with Gasteiger partial charge in [0.1, 0.15) is 60.8 Å². The Morgan fingerprint density at radius 2 is 1.71 bits per heavy atom. The van der Waals surface area contributed by atoms with Crippen LogP contribution in [-0.4, -0.2) is 206 Å². The zero-order valence-electron chi connectivity index (χ0n) is 47.9. The first-order valence-corrected chi connectivity index (χ1v) is 28.6. The average molecular weight is 1190 g/mol. The molecule has 4 bridgehead atoms. The highest BCUT2D eigenvalue weighted by Crippen LogP contribution is 2.49. The van der Waals surface area contributed by atoms with Gasteiger partial charge in [-0.15, -0.1) is 0 Å². The lowest BCUT2D eigenvalue weighted by Crippen LogP contribution is -2.63. The van der Waals surface area contributed by atoms with Crippen molar-refractivity contribution < 1.29 is 86.2 Å². The SMILES string of the molecule is COc1cc2cc(c1Cl)CC(=O)C[C@H](OC(=O)[C@H](C)N(C)C(=O)CCSC(=O)N(C)CCN(C)C(=O)OC1/C=C/CCCCC1OCC(=O)OCCN1C(=O)C=CC1=O)[C@]1(C)O[C@H]1[C@H](C)[C@@H]1C[C@@](O)(NC(=O)O1)[C@H](OC)/C=C/C=C(\C)C2. The molecule has 25 heteroatoms. The summed E-state index contributed by atoms with van der Waals surface area (Å²) >= 11 is 7.65. The highest BCUT2D eigenvalue weighted by molar-refractivity contribution is 8.13. The van der Waals surface area contributed by atoms with E-state index >= 15 is 0 Å². The van der Waals surface area contributed by atoms with E-state index in [0.29, 0.717) is 24.2 Å². The van der Waals surface area contributed by atoms with Crippen LogP contribution in [0.3, 0.4) is 0 Å². The topological polar surface area (TPSA) is 276 Å². The predicted octanol–water partition coefficient (Wildman–Crippen LogP) is 5.26. The Hall–Kier alpha value is -6.31. The van der Waals surface area contributed by atoms with Crippen LogP contribution in [0.4, 0.5) is 14.4 Å². The minimum atomic E-state index is -1.89. The number of ketones is 1. The molecule has 0 spiro atoms. The van der Waals surface area contributed by atoms with Gasteiger partial charge in [-0.2, -0.15) is 0 Å². The highest BCUT2D eigenvalue weighted by Gasteiger charge is 2.64. The van der Waals surface area contributed by atoms with E-state index in [-0.39, 0.29) is 73.7 Å². The number of likely N-dealkylation sites (N-methyl/N-ethyl adjacent to an activating group) is 3. The number of hydrogen-bond acceptors (Lipinski definition) is 19. The number of allylic oxidation sites excluding steroid dienone is 4. The van der Waals surface area contributed by atoms with Crippen LogP contribution in [0.15, 0.2) is 60.2 Å². The molecule has 6 amide bonds. The number of ether oxygens (including phenoxy) is 8. The number of thioether (sulfide) groups is 1. The fourth-order valence-corrected chi connectivity index (χ4v) is 11.0. The summed E-state index contributed by atoms with van der Waals surface area (Å²) in [5.74, 6) is -3.54. The van der Waals surface area contributed by atoms with E-state index < -0.39 is 108 Å². The van der Waals surface area contributed by atoms with Gasteiger partial charge in [0.15, 0.2) is 5.72 Å². The van der Waals surface area contributed by atoms with Crippen molar-refractivity contribution in [2.75, 3.05) is 74.0 Å². The molecular formula is C57H76ClN5O18S. The van der Waals surface area contributed by atoms with Crippen molar-refractivity contribution in [1.82, 2.24) is 24.9 Å². The number of nitrogens with one attached hydrogen (secondary N) is 1. The molecule has 3 aliphatic heterocycles. The van der Waals surface area contributed by atoms with E-state index in [2.05, 4.69) is 5.32 Å². The number of epoxide rings is 1. The molecule has 3 heterocycles. The van der Waals surface area contributed by atoms with Gasteiger partial charge >= 0.3 is 24.1 Å². The molecule has 0 saturated carbocycles. The smallest absolute Gasteiger partial charge is 0.410 e. The third kappa shape index (κ3) is 17.1. The van der Waals surface area contributed by atoms with Gasteiger partial charge in [0.25, 0.3) is 17.1 Å². The van der Waals surface area contributed by atoms with E-state index in [9.17, 15) is 48.3 Å². The fourth-order valence-electron chi connectivity index (χ4n) is 9.98. The fraction of sp³-hybridized carbons (Fsp3) is 0.596. The third-order valence-corrected chi connectivity index (χ3v) is 16.6. The summed E-state index contributed by atoms with van der Waals surface area (Å²) in [5, 5.41) is 14.2. The molecule has 1 aromatic rings. The second-order valence-electron chi connectivity index (χ2n) is 21.3. The number of fused-ring (bicyclic) bond motifs is 5. The maximum Gasteiger partial charge on any atom is 0.410 e. The number of amides is 6. The van der Waals surface area contributed by atoms with Crippen LogP contribution in [0.25, 0.3) is 0 Å². The van der Waals surface area contributed by atoms with Crippen molar-refractivity contribution in [1.29, 1.82) is 0 Å². The van der Waals surface area contributed by atoms with E-state index in [4.69, 9.17) is 49.5 Å². The Bertz CT molecular complexity index is 2670.